The van der Waals surface area contributed by atoms with Crippen LogP contribution in [-0.4, -0.2) is 35.3 Å². The fraction of sp³-hybridized carbons (Fsp3) is 0.250. The van der Waals surface area contributed by atoms with Gasteiger partial charge in [-0.3, -0.25) is 14.5 Å². The van der Waals surface area contributed by atoms with Crippen molar-refractivity contribution in [2.75, 3.05) is 16.8 Å². The molecule has 1 saturated heterocycles. The van der Waals surface area contributed by atoms with E-state index in [1.807, 2.05) is 68.4 Å². The van der Waals surface area contributed by atoms with Crippen LogP contribution in [0.25, 0.3) is 0 Å². The normalized spacial score (nSPS) is 17.3. The minimum absolute atomic E-state index is 0.209. The Morgan fingerprint density at radius 3 is 2.17 bits per heavy atom. The molecule has 4 rings (SSSR count). The molecule has 0 radical (unpaired) electrons. The van der Waals surface area contributed by atoms with Gasteiger partial charge in [-0.15, -0.1) is 0 Å². The number of hydrogen-bond donors (Lipinski definition) is 2. The second kappa shape index (κ2) is 10.2. The van der Waals surface area contributed by atoms with Gasteiger partial charge in [0.1, 0.15) is 17.9 Å². The van der Waals surface area contributed by atoms with Gasteiger partial charge in [0.05, 0.1) is 0 Å². The first-order valence-electron chi connectivity index (χ1n) is 11.9. The Balaban J connectivity index is 1.52. The molecule has 0 bridgehead atoms. The molecule has 186 valence electrons. The van der Waals surface area contributed by atoms with E-state index in [2.05, 4.69) is 10.6 Å². The Morgan fingerprint density at radius 1 is 0.972 bits per heavy atom. The van der Waals surface area contributed by atoms with E-state index in [-0.39, 0.29) is 18.4 Å². The van der Waals surface area contributed by atoms with Crippen LogP contribution in [0.4, 0.5) is 26.2 Å². The first kappa shape index (κ1) is 24.9. The highest BCUT2D eigenvalue weighted by Gasteiger charge is 2.52. The summed E-state index contributed by atoms with van der Waals surface area (Å²) in [5.41, 5.74) is 1.60. The Kier molecular flexibility index (Phi) is 7.05. The Morgan fingerprint density at radius 2 is 1.58 bits per heavy atom. The molecule has 7 nitrogen and oxygen atoms in total. The first-order valence-corrected chi connectivity index (χ1v) is 11.9. The second-order valence-electron chi connectivity index (χ2n) is 8.98. The first-order chi connectivity index (χ1) is 17.2. The van der Waals surface area contributed by atoms with Crippen LogP contribution in [0.1, 0.15) is 32.8 Å². The van der Waals surface area contributed by atoms with Crippen molar-refractivity contribution in [3.05, 3.63) is 90.2 Å². The molecule has 1 aliphatic rings. The molecule has 1 atom stereocenters. The molecule has 1 unspecified atom stereocenters. The summed E-state index contributed by atoms with van der Waals surface area (Å²) in [5, 5.41) is 6.03. The highest BCUT2D eigenvalue weighted by molar-refractivity contribution is 6.10. The van der Waals surface area contributed by atoms with E-state index in [4.69, 9.17) is 0 Å². The lowest BCUT2D eigenvalue weighted by molar-refractivity contribution is -0.134. The summed E-state index contributed by atoms with van der Waals surface area (Å²) in [5.74, 6) is -1.35. The van der Waals surface area contributed by atoms with Gasteiger partial charge < -0.3 is 15.5 Å². The lowest BCUT2D eigenvalue weighted by atomic mass is 9.87. The van der Waals surface area contributed by atoms with Crippen molar-refractivity contribution >= 4 is 34.9 Å². The van der Waals surface area contributed by atoms with Crippen molar-refractivity contribution in [3.63, 3.8) is 0 Å². The van der Waals surface area contributed by atoms with Crippen molar-refractivity contribution < 1.29 is 18.8 Å². The number of benzene rings is 3. The fourth-order valence-corrected chi connectivity index (χ4v) is 4.48. The summed E-state index contributed by atoms with van der Waals surface area (Å²) in [7, 11) is 0. The van der Waals surface area contributed by atoms with Gasteiger partial charge in [0.15, 0.2) is 0 Å². The number of hydrogen-bond acceptors (Lipinski definition) is 4. The molecule has 1 fully saturated rings. The Labute approximate surface area is 209 Å². The van der Waals surface area contributed by atoms with E-state index in [1.165, 1.54) is 24.3 Å². The van der Waals surface area contributed by atoms with Gasteiger partial charge in [-0.1, -0.05) is 37.3 Å². The molecular weight excluding hydrogens is 459 g/mol. The summed E-state index contributed by atoms with van der Waals surface area (Å²) < 4.78 is 13.4. The molecule has 0 aliphatic carbocycles. The number of rotatable bonds is 8. The predicted octanol–water partition coefficient (Wildman–Crippen LogP) is 5.17. The van der Waals surface area contributed by atoms with Crippen LogP contribution in [0, 0.1) is 5.82 Å². The largest absolute Gasteiger partial charge is 0.356 e. The van der Waals surface area contributed by atoms with Crippen molar-refractivity contribution in [1.29, 1.82) is 0 Å². The quantitative estimate of drug-likeness (QED) is 0.429. The number of urea groups is 1. The molecule has 4 amide bonds. The molecule has 0 saturated carbocycles. The maximum Gasteiger partial charge on any atom is 0.325 e. The van der Waals surface area contributed by atoms with E-state index in [0.717, 1.165) is 16.3 Å². The van der Waals surface area contributed by atoms with E-state index in [1.54, 1.807) is 11.8 Å². The van der Waals surface area contributed by atoms with Gasteiger partial charge in [0.25, 0.3) is 5.91 Å². The third kappa shape index (κ3) is 4.79. The molecule has 8 heteroatoms. The maximum absolute atomic E-state index is 13.4. The third-order valence-corrected chi connectivity index (χ3v) is 6.33. The number of anilines is 3. The zero-order valence-corrected chi connectivity index (χ0v) is 20.5. The number of para-hydroxylation sites is 1. The van der Waals surface area contributed by atoms with Crippen LogP contribution in [0.15, 0.2) is 78.9 Å². The molecule has 1 heterocycles. The van der Waals surface area contributed by atoms with Crippen molar-refractivity contribution in [2.45, 2.75) is 38.8 Å². The zero-order chi connectivity index (χ0) is 25.9. The molecule has 0 aromatic heterocycles. The highest BCUT2D eigenvalue weighted by Crippen LogP contribution is 2.33. The van der Waals surface area contributed by atoms with Gasteiger partial charge in [0.2, 0.25) is 5.91 Å². The van der Waals surface area contributed by atoms with Crippen molar-refractivity contribution in [2.24, 2.45) is 0 Å². The maximum atomic E-state index is 13.4. The van der Waals surface area contributed by atoms with Crippen LogP contribution >= 0.6 is 0 Å². The molecule has 3 aromatic rings. The molecule has 2 N–H and O–H groups in total. The number of carbonyl (C=O) groups is 3. The van der Waals surface area contributed by atoms with Crippen LogP contribution in [0.5, 0.6) is 0 Å². The monoisotopic (exact) mass is 488 g/mol. The molecule has 0 spiro atoms. The standard InChI is InChI=1S/C28H29FN4O3/c1-4-28(20-10-12-21(29)13-11-20)26(35)32(27(36)31-28)18-25(34)33(19(2)3)24-16-14-23(15-17-24)30-22-8-6-5-7-9-22/h5-17,19,30H,4,18H2,1-3H3,(H,31,36). The summed E-state index contributed by atoms with van der Waals surface area (Å²) in [6, 6.07) is 21.7. The van der Waals surface area contributed by atoms with Gasteiger partial charge >= 0.3 is 6.03 Å². The summed E-state index contributed by atoms with van der Waals surface area (Å²) in [6.07, 6.45) is 0.262. The number of nitrogens with zero attached hydrogens (tertiary/aromatic N) is 2. The van der Waals surface area contributed by atoms with Crippen LogP contribution in [0.3, 0.4) is 0 Å². The number of imide groups is 1. The Bertz CT molecular complexity index is 1250. The molecule has 1 aliphatic heterocycles. The van der Waals surface area contributed by atoms with E-state index < -0.39 is 29.8 Å². The van der Waals surface area contributed by atoms with Crippen molar-refractivity contribution in [3.8, 4) is 0 Å². The number of nitrogens with one attached hydrogen (secondary N) is 2. The predicted molar refractivity (Wildman–Crippen MR) is 137 cm³/mol. The number of amides is 4. The molecular formula is C28H29FN4O3. The topological polar surface area (TPSA) is 81.8 Å². The minimum atomic E-state index is -1.33. The van der Waals surface area contributed by atoms with Crippen LogP contribution < -0.4 is 15.5 Å². The third-order valence-electron chi connectivity index (χ3n) is 6.33. The minimum Gasteiger partial charge on any atom is -0.356 e. The van der Waals surface area contributed by atoms with E-state index in [9.17, 15) is 18.8 Å². The molecule has 36 heavy (non-hydrogen) atoms. The number of halogens is 1. The SMILES string of the molecule is CCC1(c2ccc(F)cc2)NC(=O)N(CC(=O)N(c2ccc(Nc3ccccc3)cc2)C(C)C)C1=O. The molecule has 3 aromatic carbocycles. The number of carbonyl (C=O) groups excluding carboxylic acids is 3. The van der Waals surface area contributed by atoms with Crippen molar-refractivity contribution in [1.82, 2.24) is 10.2 Å². The average Bonchev–Trinajstić information content (AvgIpc) is 3.11. The van der Waals surface area contributed by atoms with Gasteiger partial charge in [-0.2, -0.15) is 0 Å². The summed E-state index contributed by atoms with van der Waals surface area (Å²) in [4.78, 5) is 42.1. The van der Waals surface area contributed by atoms with E-state index >= 15 is 0 Å². The lowest BCUT2D eigenvalue weighted by Crippen LogP contribution is -2.47. The van der Waals surface area contributed by atoms with Gasteiger partial charge in [0, 0.05) is 23.1 Å². The van der Waals surface area contributed by atoms with E-state index in [0.29, 0.717) is 11.3 Å². The average molecular weight is 489 g/mol. The van der Waals surface area contributed by atoms with Crippen LogP contribution in [-0.2, 0) is 15.1 Å². The highest BCUT2D eigenvalue weighted by atomic mass is 19.1. The fourth-order valence-electron chi connectivity index (χ4n) is 4.48. The Hall–Kier alpha value is -4.20. The summed E-state index contributed by atoms with van der Waals surface area (Å²) in [6.45, 7) is 5.09. The smallest absolute Gasteiger partial charge is 0.325 e. The summed E-state index contributed by atoms with van der Waals surface area (Å²) >= 11 is 0. The van der Waals surface area contributed by atoms with Gasteiger partial charge in [-0.05, 0) is 74.4 Å². The lowest BCUT2D eigenvalue weighted by Gasteiger charge is -2.29. The van der Waals surface area contributed by atoms with Crippen LogP contribution in [0.2, 0.25) is 0 Å². The zero-order valence-electron chi connectivity index (χ0n) is 20.5. The second-order valence-corrected chi connectivity index (χ2v) is 8.98. The van der Waals surface area contributed by atoms with Gasteiger partial charge in [-0.25, -0.2) is 9.18 Å².